The van der Waals surface area contributed by atoms with Crippen LogP contribution in [0, 0.1) is 5.82 Å². The highest BCUT2D eigenvalue weighted by atomic mass is 19.1. The molecule has 0 amide bonds. The van der Waals surface area contributed by atoms with Crippen molar-refractivity contribution < 1.29 is 4.39 Å². The highest BCUT2D eigenvalue weighted by molar-refractivity contribution is 5.77. The molecule has 1 aromatic carbocycles. The van der Waals surface area contributed by atoms with Crippen LogP contribution >= 0.6 is 0 Å². The number of hydrogen-bond acceptors (Lipinski definition) is 2. The molecule has 0 unspecified atom stereocenters. The Morgan fingerprint density at radius 1 is 1.33 bits per heavy atom. The maximum atomic E-state index is 13.9. The summed E-state index contributed by atoms with van der Waals surface area (Å²) in [5.41, 5.74) is 7.82. The molecule has 18 heavy (non-hydrogen) atoms. The van der Waals surface area contributed by atoms with Crippen molar-refractivity contribution in [2.24, 2.45) is 0 Å². The van der Waals surface area contributed by atoms with Crippen LogP contribution in [0.4, 0.5) is 10.2 Å². The lowest BCUT2D eigenvalue weighted by atomic mass is 9.82. The van der Waals surface area contributed by atoms with Gasteiger partial charge in [0.2, 0.25) is 0 Å². The lowest BCUT2D eigenvalue weighted by Gasteiger charge is -2.22. The van der Waals surface area contributed by atoms with Crippen LogP contribution in [-0.4, -0.2) is 10.2 Å². The second kappa shape index (κ2) is 4.44. The zero-order valence-corrected chi connectivity index (χ0v) is 10.9. The monoisotopic (exact) mass is 247 g/mol. The third kappa shape index (κ3) is 1.98. The Balaban J connectivity index is 2.65. The smallest absolute Gasteiger partial charge is 0.153 e. The van der Waals surface area contributed by atoms with Crippen LogP contribution in [0.25, 0.3) is 11.1 Å². The van der Waals surface area contributed by atoms with E-state index in [4.69, 9.17) is 5.73 Å². The van der Waals surface area contributed by atoms with Crippen molar-refractivity contribution in [2.75, 3.05) is 5.73 Å². The number of rotatable bonds is 3. The first-order valence-corrected chi connectivity index (χ1v) is 6.06. The van der Waals surface area contributed by atoms with Gasteiger partial charge in [0.25, 0.3) is 0 Å². The Bertz CT molecular complexity index is 558. The molecule has 0 saturated heterocycles. The lowest BCUT2D eigenvalue weighted by molar-refractivity contribution is 0.490. The number of halogens is 1. The van der Waals surface area contributed by atoms with E-state index in [1.165, 1.54) is 6.07 Å². The number of hydrogen-bond donors (Lipinski definition) is 2. The van der Waals surface area contributed by atoms with Crippen molar-refractivity contribution in [3.63, 3.8) is 0 Å². The van der Waals surface area contributed by atoms with Crippen LogP contribution < -0.4 is 5.73 Å². The minimum absolute atomic E-state index is 0.123. The third-order valence-corrected chi connectivity index (χ3v) is 3.50. The molecule has 0 aliphatic carbocycles. The summed E-state index contributed by atoms with van der Waals surface area (Å²) in [5, 5.41) is 6.98. The van der Waals surface area contributed by atoms with Crippen molar-refractivity contribution in [1.29, 1.82) is 0 Å². The largest absolute Gasteiger partial charge is 0.382 e. The second-order valence-electron chi connectivity index (χ2n) is 5.08. The van der Waals surface area contributed by atoms with Crippen molar-refractivity contribution in [3.8, 4) is 11.1 Å². The average molecular weight is 247 g/mol. The molecule has 0 atom stereocenters. The van der Waals surface area contributed by atoms with E-state index in [0.29, 0.717) is 16.9 Å². The zero-order valence-electron chi connectivity index (χ0n) is 10.9. The summed E-state index contributed by atoms with van der Waals surface area (Å²) in [6, 6.07) is 6.63. The molecule has 3 nitrogen and oxygen atoms in total. The van der Waals surface area contributed by atoms with E-state index in [1.54, 1.807) is 18.2 Å². The summed E-state index contributed by atoms with van der Waals surface area (Å²) in [6.07, 6.45) is 0.913. The van der Waals surface area contributed by atoms with Gasteiger partial charge in [0.1, 0.15) is 5.82 Å². The average Bonchev–Trinajstić information content (AvgIpc) is 2.72. The number of nitrogen functional groups attached to an aromatic ring is 1. The van der Waals surface area contributed by atoms with Gasteiger partial charge in [-0.25, -0.2) is 4.39 Å². The topological polar surface area (TPSA) is 54.7 Å². The van der Waals surface area contributed by atoms with Gasteiger partial charge in [-0.3, -0.25) is 5.10 Å². The SMILES string of the molecule is CCC(C)(C)c1[nH]nc(N)c1-c1ccccc1F. The standard InChI is InChI=1S/C14H18FN3/c1-4-14(2,3)12-11(13(16)18-17-12)9-7-5-6-8-10(9)15/h5-8H,4H2,1-3H3,(H3,16,17,18). The van der Waals surface area contributed by atoms with Gasteiger partial charge in [0.15, 0.2) is 5.82 Å². The summed E-state index contributed by atoms with van der Waals surface area (Å²) < 4.78 is 13.9. The fraction of sp³-hybridized carbons (Fsp3) is 0.357. The highest BCUT2D eigenvalue weighted by Gasteiger charge is 2.27. The van der Waals surface area contributed by atoms with E-state index in [-0.39, 0.29) is 11.2 Å². The molecule has 0 aliphatic heterocycles. The Labute approximate surface area is 106 Å². The molecule has 2 rings (SSSR count). The van der Waals surface area contributed by atoms with E-state index >= 15 is 0 Å². The van der Waals surface area contributed by atoms with E-state index in [9.17, 15) is 4.39 Å². The zero-order chi connectivity index (χ0) is 13.3. The summed E-state index contributed by atoms with van der Waals surface area (Å²) in [6.45, 7) is 6.26. The Morgan fingerprint density at radius 2 is 2.00 bits per heavy atom. The molecule has 4 heteroatoms. The number of nitrogens with two attached hydrogens (primary N) is 1. The van der Waals surface area contributed by atoms with Crippen LogP contribution in [0.5, 0.6) is 0 Å². The van der Waals surface area contributed by atoms with Crippen molar-refractivity contribution in [1.82, 2.24) is 10.2 Å². The number of nitrogens with one attached hydrogen (secondary N) is 1. The molecule has 2 aromatic rings. The fourth-order valence-electron chi connectivity index (χ4n) is 1.96. The second-order valence-corrected chi connectivity index (χ2v) is 5.08. The van der Waals surface area contributed by atoms with Gasteiger partial charge in [-0.2, -0.15) is 5.10 Å². The number of H-pyrrole nitrogens is 1. The van der Waals surface area contributed by atoms with Gasteiger partial charge in [-0.05, 0) is 12.5 Å². The molecule has 0 radical (unpaired) electrons. The van der Waals surface area contributed by atoms with E-state index in [1.807, 2.05) is 0 Å². The van der Waals surface area contributed by atoms with Crippen molar-refractivity contribution >= 4 is 5.82 Å². The number of aromatic nitrogens is 2. The fourth-order valence-corrected chi connectivity index (χ4v) is 1.96. The van der Waals surface area contributed by atoms with E-state index in [2.05, 4.69) is 31.0 Å². The van der Waals surface area contributed by atoms with Gasteiger partial charge in [-0.1, -0.05) is 39.0 Å². The first-order valence-electron chi connectivity index (χ1n) is 6.06. The van der Waals surface area contributed by atoms with Gasteiger partial charge in [0, 0.05) is 11.0 Å². The van der Waals surface area contributed by atoms with Gasteiger partial charge in [-0.15, -0.1) is 0 Å². The number of aromatic amines is 1. The van der Waals surface area contributed by atoms with Gasteiger partial charge >= 0.3 is 0 Å². The third-order valence-electron chi connectivity index (χ3n) is 3.50. The molecular weight excluding hydrogens is 229 g/mol. The molecular formula is C14H18FN3. The molecule has 0 bridgehead atoms. The maximum absolute atomic E-state index is 13.9. The number of anilines is 1. The first-order chi connectivity index (χ1) is 8.47. The summed E-state index contributed by atoms with van der Waals surface area (Å²) in [4.78, 5) is 0. The highest BCUT2D eigenvalue weighted by Crippen LogP contribution is 2.37. The molecule has 1 heterocycles. The normalized spacial score (nSPS) is 11.8. The summed E-state index contributed by atoms with van der Waals surface area (Å²) in [5.74, 6) is 0.0652. The molecule has 0 fully saturated rings. The quantitative estimate of drug-likeness (QED) is 0.872. The minimum atomic E-state index is -0.279. The molecule has 0 aliphatic rings. The van der Waals surface area contributed by atoms with Crippen LogP contribution in [0.2, 0.25) is 0 Å². The van der Waals surface area contributed by atoms with Gasteiger partial charge < -0.3 is 5.73 Å². The molecule has 0 spiro atoms. The van der Waals surface area contributed by atoms with E-state index in [0.717, 1.165) is 12.1 Å². The van der Waals surface area contributed by atoms with Crippen molar-refractivity contribution in [2.45, 2.75) is 32.6 Å². The van der Waals surface area contributed by atoms with Crippen LogP contribution in [0.1, 0.15) is 32.9 Å². The first kappa shape index (κ1) is 12.6. The Kier molecular flexibility index (Phi) is 3.11. The van der Waals surface area contributed by atoms with Gasteiger partial charge in [0.05, 0.1) is 11.3 Å². The predicted molar refractivity (Wildman–Crippen MR) is 71.7 cm³/mol. The minimum Gasteiger partial charge on any atom is -0.382 e. The summed E-state index contributed by atoms with van der Waals surface area (Å²) in [7, 11) is 0. The maximum Gasteiger partial charge on any atom is 0.153 e. The molecule has 0 saturated carbocycles. The predicted octanol–water partition coefficient (Wildman–Crippen LogP) is 3.49. The summed E-state index contributed by atoms with van der Waals surface area (Å²) >= 11 is 0. The Hall–Kier alpha value is -1.84. The van der Waals surface area contributed by atoms with E-state index < -0.39 is 0 Å². The molecule has 3 N–H and O–H groups in total. The number of benzene rings is 1. The van der Waals surface area contributed by atoms with Crippen molar-refractivity contribution in [3.05, 3.63) is 35.8 Å². The lowest BCUT2D eigenvalue weighted by Crippen LogP contribution is -2.17. The van der Waals surface area contributed by atoms with Crippen LogP contribution in [0.3, 0.4) is 0 Å². The van der Waals surface area contributed by atoms with Crippen LogP contribution in [-0.2, 0) is 5.41 Å². The molecule has 1 aromatic heterocycles. The molecule has 96 valence electrons. The number of nitrogens with zero attached hydrogens (tertiary/aromatic N) is 1. The Morgan fingerprint density at radius 3 is 2.61 bits per heavy atom. The van der Waals surface area contributed by atoms with Crippen LogP contribution in [0.15, 0.2) is 24.3 Å².